The second kappa shape index (κ2) is 5.47. The van der Waals surface area contributed by atoms with Gasteiger partial charge in [0.05, 0.1) is 0 Å². The van der Waals surface area contributed by atoms with E-state index in [0.717, 1.165) is 36.5 Å². The fourth-order valence-electron chi connectivity index (χ4n) is 2.55. The first-order valence-corrected chi connectivity index (χ1v) is 7.93. The van der Waals surface area contributed by atoms with Crippen LogP contribution in [0.1, 0.15) is 6.42 Å². The molecule has 0 aliphatic carbocycles. The molecule has 112 valence electrons. The van der Waals surface area contributed by atoms with Crippen molar-refractivity contribution in [2.75, 3.05) is 18.0 Å². The molecule has 8 heteroatoms. The molecule has 0 spiro atoms. The Labute approximate surface area is 130 Å². The van der Waals surface area contributed by atoms with Crippen LogP contribution in [0, 0.1) is 0 Å². The molecule has 1 aliphatic heterocycles. The van der Waals surface area contributed by atoms with Gasteiger partial charge in [-0.2, -0.15) is 16.3 Å². The maximum absolute atomic E-state index is 5.98. The van der Waals surface area contributed by atoms with Gasteiger partial charge in [0.2, 0.25) is 5.82 Å². The minimum Gasteiger partial charge on any atom is -0.354 e. The zero-order valence-electron chi connectivity index (χ0n) is 11.7. The minimum absolute atomic E-state index is 0.173. The first kappa shape index (κ1) is 13.4. The van der Waals surface area contributed by atoms with Crippen molar-refractivity contribution in [2.24, 2.45) is 5.73 Å². The van der Waals surface area contributed by atoms with Crippen LogP contribution in [0.4, 0.5) is 5.82 Å². The number of rotatable bonds is 3. The van der Waals surface area contributed by atoms with Crippen molar-refractivity contribution in [3.8, 4) is 22.8 Å². The van der Waals surface area contributed by atoms with Crippen LogP contribution in [0.25, 0.3) is 22.8 Å². The third kappa shape index (κ3) is 2.36. The van der Waals surface area contributed by atoms with E-state index in [2.05, 4.69) is 25.0 Å². The Hall–Kier alpha value is -2.32. The highest BCUT2D eigenvalue weighted by Gasteiger charge is 2.25. The lowest BCUT2D eigenvalue weighted by atomic mass is 10.3. The lowest BCUT2D eigenvalue weighted by Crippen LogP contribution is -2.27. The van der Waals surface area contributed by atoms with Crippen molar-refractivity contribution in [3.05, 3.63) is 29.4 Å². The Morgan fingerprint density at radius 3 is 3.14 bits per heavy atom. The number of nitrogens with zero attached hydrogens (tertiary/aromatic N) is 5. The summed E-state index contributed by atoms with van der Waals surface area (Å²) in [6.07, 6.45) is 4.18. The largest absolute Gasteiger partial charge is 0.354 e. The normalized spacial score (nSPS) is 18.0. The summed E-state index contributed by atoms with van der Waals surface area (Å²) in [6, 6.07) is 2.13. The molecule has 3 aromatic rings. The third-order valence-corrected chi connectivity index (χ3v) is 4.33. The maximum atomic E-state index is 5.98. The Balaban J connectivity index is 1.71. The Bertz CT molecular complexity index is 771. The van der Waals surface area contributed by atoms with E-state index in [0.29, 0.717) is 11.7 Å². The molecule has 0 aromatic carbocycles. The van der Waals surface area contributed by atoms with Gasteiger partial charge in [0, 0.05) is 36.3 Å². The van der Waals surface area contributed by atoms with Crippen molar-refractivity contribution in [2.45, 2.75) is 12.5 Å². The SMILES string of the molecule is N[C@H]1CCN(c2ncncc2-c2nc(-c3ccsc3)no2)C1. The molecule has 1 aliphatic rings. The Morgan fingerprint density at radius 2 is 2.36 bits per heavy atom. The van der Waals surface area contributed by atoms with Crippen LogP contribution in [0.2, 0.25) is 0 Å². The second-order valence-electron chi connectivity index (χ2n) is 5.19. The van der Waals surface area contributed by atoms with Crippen molar-refractivity contribution >= 4 is 17.2 Å². The molecular formula is C14H14N6OS. The van der Waals surface area contributed by atoms with Crippen molar-refractivity contribution in [1.29, 1.82) is 0 Å². The molecule has 7 nitrogen and oxygen atoms in total. The van der Waals surface area contributed by atoms with Gasteiger partial charge in [0.15, 0.2) is 0 Å². The Morgan fingerprint density at radius 1 is 1.41 bits per heavy atom. The van der Waals surface area contributed by atoms with Crippen molar-refractivity contribution in [3.63, 3.8) is 0 Å². The van der Waals surface area contributed by atoms with Crippen molar-refractivity contribution < 1.29 is 4.52 Å². The minimum atomic E-state index is 0.173. The van der Waals surface area contributed by atoms with Crippen LogP contribution in [0.3, 0.4) is 0 Å². The van der Waals surface area contributed by atoms with Crippen LogP contribution in [-0.2, 0) is 0 Å². The molecule has 0 unspecified atom stereocenters. The number of hydrogen-bond acceptors (Lipinski definition) is 8. The predicted molar refractivity (Wildman–Crippen MR) is 83.4 cm³/mol. The fourth-order valence-corrected chi connectivity index (χ4v) is 3.18. The van der Waals surface area contributed by atoms with E-state index in [9.17, 15) is 0 Å². The first-order chi connectivity index (χ1) is 10.8. The quantitative estimate of drug-likeness (QED) is 0.787. The average molecular weight is 314 g/mol. The first-order valence-electron chi connectivity index (χ1n) is 6.98. The molecule has 0 saturated carbocycles. The monoisotopic (exact) mass is 314 g/mol. The summed E-state index contributed by atoms with van der Waals surface area (Å²) >= 11 is 1.59. The summed E-state index contributed by atoms with van der Waals surface area (Å²) in [7, 11) is 0. The molecule has 3 aromatic heterocycles. The zero-order chi connectivity index (χ0) is 14.9. The Kier molecular flexibility index (Phi) is 3.32. The molecule has 0 bridgehead atoms. The highest BCUT2D eigenvalue weighted by Crippen LogP contribution is 2.30. The summed E-state index contributed by atoms with van der Waals surface area (Å²) in [6.45, 7) is 1.65. The second-order valence-corrected chi connectivity index (χ2v) is 5.97. The number of thiophene rings is 1. The lowest BCUT2D eigenvalue weighted by Gasteiger charge is -2.18. The molecular weight excluding hydrogens is 300 g/mol. The van der Waals surface area contributed by atoms with E-state index in [-0.39, 0.29) is 6.04 Å². The van der Waals surface area contributed by atoms with Crippen LogP contribution in [0.5, 0.6) is 0 Å². The van der Waals surface area contributed by atoms with Crippen LogP contribution >= 0.6 is 11.3 Å². The topological polar surface area (TPSA) is 94.0 Å². The van der Waals surface area contributed by atoms with E-state index in [1.807, 2.05) is 16.8 Å². The molecule has 1 saturated heterocycles. The highest BCUT2D eigenvalue weighted by atomic mass is 32.1. The molecule has 0 radical (unpaired) electrons. The van der Waals surface area contributed by atoms with E-state index in [1.54, 1.807) is 17.5 Å². The summed E-state index contributed by atoms with van der Waals surface area (Å²) < 4.78 is 5.41. The zero-order valence-corrected chi connectivity index (χ0v) is 12.5. The van der Waals surface area contributed by atoms with Gasteiger partial charge in [0.1, 0.15) is 17.7 Å². The van der Waals surface area contributed by atoms with Gasteiger partial charge in [-0.3, -0.25) is 0 Å². The molecule has 1 atom stereocenters. The van der Waals surface area contributed by atoms with Gasteiger partial charge in [-0.25, -0.2) is 9.97 Å². The summed E-state index contributed by atoms with van der Waals surface area (Å²) in [5.74, 6) is 1.80. The smallest absolute Gasteiger partial charge is 0.263 e. The van der Waals surface area contributed by atoms with Crippen LogP contribution < -0.4 is 10.6 Å². The molecule has 22 heavy (non-hydrogen) atoms. The van der Waals surface area contributed by atoms with E-state index in [4.69, 9.17) is 10.3 Å². The molecule has 0 amide bonds. The molecule has 4 rings (SSSR count). The third-order valence-electron chi connectivity index (χ3n) is 3.65. The molecule has 1 fully saturated rings. The van der Waals surface area contributed by atoms with Gasteiger partial charge in [-0.05, 0) is 17.9 Å². The number of hydrogen-bond donors (Lipinski definition) is 1. The van der Waals surface area contributed by atoms with Gasteiger partial charge in [-0.15, -0.1) is 0 Å². The van der Waals surface area contributed by atoms with Gasteiger partial charge in [0.25, 0.3) is 5.89 Å². The van der Waals surface area contributed by atoms with Gasteiger partial charge < -0.3 is 15.2 Å². The van der Waals surface area contributed by atoms with E-state index < -0.39 is 0 Å². The number of nitrogens with two attached hydrogens (primary N) is 1. The van der Waals surface area contributed by atoms with Crippen LogP contribution in [-0.4, -0.2) is 39.2 Å². The average Bonchev–Trinajstić information content (AvgIpc) is 3.28. The number of aromatic nitrogens is 4. The van der Waals surface area contributed by atoms with E-state index in [1.165, 1.54) is 6.33 Å². The summed E-state index contributed by atoms with van der Waals surface area (Å²) in [5.41, 5.74) is 7.67. The fraction of sp³-hybridized carbons (Fsp3) is 0.286. The van der Waals surface area contributed by atoms with Gasteiger partial charge in [-0.1, -0.05) is 5.16 Å². The predicted octanol–water partition coefficient (Wildman–Crippen LogP) is 1.79. The summed E-state index contributed by atoms with van der Waals surface area (Å²) in [4.78, 5) is 15.1. The standard InChI is InChI=1S/C14H14N6OS/c15-10-1-3-20(6-10)13-11(5-16-8-17-13)14-18-12(19-21-14)9-2-4-22-7-9/h2,4-5,7-8,10H,1,3,6,15H2/t10-/m0/s1. The highest BCUT2D eigenvalue weighted by molar-refractivity contribution is 7.08. The molecule has 4 heterocycles. The lowest BCUT2D eigenvalue weighted by molar-refractivity contribution is 0.432. The van der Waals surface area contributed by atoms with E-state index >= 15 is 0 Å². The van der Waals surface area contributed by atoms with Crippen LogP contribution in [0.15, 0.2) is 33.9 Å². The summed E-state index contributed by atoms with van der Waals surface area (Å²) in [5, 5.41) is 8.00. The number of anilines is 1. The molecule has 2 N–H and O–H groups in total. The van der Waals surface area contributed by atoms with Gasteiger partial charge >= 0.3 is 0 Å². The maximum Gasteiger partial charge on any atom is 0.263 e. The van der Waals surface area contributed by atoms with Crippen molar-refractivity contribution in [1.82, 2.24) is 20.1 Å².